The van der Waals surface area contributed by atoms with Gasteiger partial charge in [0.1, 0.15) is 11.6 Å². The number of anilines is 1. The molecular weight excluding hydrogens is 350 g/mol. The quantitative estimate of drug-likeness (QED) is 0.760. The van der Waals surface area contributed by atoms with Gasteiger partial charge >= 0.3 is 0 Å². The maximum Gasteiger partial charge on any atom is 0.257 e. The van der Waals surface area contributed by atoms with Crippen LogP contribution in [-0.4, -0.2) is 51.9 Å². The summed E-state index contributed by atoms with van der Waals surface area (Å²) in [4.78, 5) is 30.3. The molecule has 1 amide bonds. The fraction of sp³-hybridized carbons (Fsp3) is 0.409. The number of carbonyl (C=O) groups excluding carboxylic acids is 1. The number of rotatable bonds is 3. The van der Waals surface area contributed by atoms with Crippen molar-refractivity contribution in [3.8, 4) is 0 Å². The van der Waals surface area contributed by atoms with Crippen molar-refractivity contribution in [3.63, 3.8) is 0 Å². The molecule has 6 heteroatoms. The van der Waals surface area contributed by atoms with Crippen LogP contribution in [0.1, 0.15) is 47.8 Å². The largest absolute Gasteiger partial charge is 0.356 e. The fourth-order valence-corrected chi connectivity index (χ4v) is 4.47. The zero-order valence-corrected chi connectivity index (χ0v) is 16.0. The molecule has 28 heavy (non-hydrogen) atoms. The first kappa shape index (κ1) is 17.2. The van der Waals surface area contributed by atoms with Crippen LogP contribution in [0.15, 0.2) is 42.6 Å². The maximum atomic E-state index is 13.4. The number of hydrogen-bond acceptors (Lipinski definition) is 4. The van der Waals surface area contributed by atoms with Gasteiger partial charge in [0.25, 0.3) is 5.91 Å². The van der Waals surface area contributed by atoms with Gasteiger partial charge in [0, 0.05) is 38.3 Å². The Balaban J connectivity index is 1.38. The van der Waals surface area contributed by atoms with Crippen LogP contribution in [0.5, 0.6) is 0 Å². The van der Waals surface area contributed by atoms with Crippen molar-refractivity contribution < 1.29 is 4.79 Å². The van der Waals surface area contributed by atoms with Gasteiger partial charge in [-0.1, -0.05) is 12.1 Å². The van der Waals surface area contributed by atoms with Crippen molar-refractivity contribution in [3.05, 3.63) is 54.0 Å². The van der Waals surface area contributed by atoms with E-state index in [0.717, 1.165) is 60.7 Å². The highest BCUT2D eigenvalue weighted by Gasteiger charge is 2.30. The van der Waals surface area contributed by atoms with Gasteiger partial charge < -0.3 is 14.8 Å². The van der Waals surface area contributed by atoms with Crippen molar-refractivity contribution in [2.45, 2.75) is 31.6 Å². The Morgan fingerprint density at radius 3 is 2.75 bits per heavy atom. The van der Waals surface area contributed by atoms with Crippen molar-refractivity contribution in [2.75, 3.05) is 31.1 Å². The number of piperidine rings is 1. The number of imidazole rings is 1. The van der Waals surface area contributed by atoms with Crippen molar-refractivity contribution in [2.24, 2.45) is 0 Å². The first-order valence-corrected chi connectivity index (χ1v) is 10.2. The predicted molar refractivity (Wildman–Crippen MR) is 110 cm³/mol. The minimum absolute atomic E-state index is 0.0933. The molecule has 0 radical (unpaired) electrons. The number of H-pyrrole nitrogens is 1. The number of para-hydroxylation sites is 2. The summed E-state index contributed by atoms with van der Waals surface area (Å²) in [5.41, 5.74) is 2.78. The third-order valence-corrected chi connectivity index (χ3v) is 5.93. The predicted octanol–water partition coefficient (Wildman–Crippen LogP) is 3.58. The smallest absolute Gasteiger partial charge is 0.257 e. The van der Waals surface area contributed by atoms with E-state index in [1.807, 2.05) is 35.2 Å². The van der Waals surface area contributed by atoms with Crippen LogP contribution >= 0.6 is 0 Å². The lowest BCUT2D eigenvalue weighted by Gasteiger charge is -2.32. The van der Waals surface area contributed by atoms with Crippen molar-refractivity contribution in [1.29, 1.82) is 0 Å². The molecule has 2 saturated heterocycles. The van der Waals surface area contributed by atoms with Crippen LogP contribution in [-0.2, 0) is 0 Å². The van der Waals surface area contributed by atoms with Crippen LogP contribution < -0.4 is 4.90 Å². The molecule has 2 fully saturated rings. The molecule has 2 aromatic heterocycles. The summed E-state index contributed by atoms with van der Waals surface area (Å²) in [6.45, 7) is 3.47. The Morgan fingerprint density at radius 2 is 1.89 bits per heavy atom. The van der Waals surface area contributed by atoms with Crippen LogP contribution in [0, 0.1) is 0 Å². The lowest BCUT2D eigenvalue weighted by Crippen LogP contribution is -2.40. The fourth-order valence-electron chi connectivity index (χ4n) is 4.47. The van der Waals surface area contributed by atoms with E-state index in [-0.39, 0.29) is 11.8 Å². The molecule has 2 aliphatic rings. The minimum Gasteiger partial charge on any atom is -0.356 e. The summed E-state index contributed by atoms with van der Waals surface area (Å²) in [5, 5.41) is 0. The molecule has 2 aliphatic heterocycles. The summed E-state index contributed by atoms with van der Waals surface area (Å²) < 4.78 is 0. The van der Waals surface area contributed by atoms with Gasteiger partial charge in [-0.25, -0.2) is 9.97 Å². The summed E-state index contributed by atoms with van der Waals surface area (Å²) in [6, 6.07) is 11.9. The Labute approximate surface area is 164 Å². The zero-order chi connectivity index (χ0) is 18.9. The monoisotopic (exact) mass is 375 g/mol. The second-order valence-electron chi connectivity index (χ2n) is 7.80. The third kappa shape index (κ3) is 3.13. The van der Waals surface area contributed by atoms with Gasteiger partial charge in [0.05, 0.1) is 16.6 Å². The number of nitrogens with zero attached hydrogens (tertiary/aromatic N) is 4. The average molecular weight is 375 g/mol. The van der Waals surface area contributed by atoms with Gasteiger partial charge in [-0.3, -0.25) is 4.79 Å². The molecule has 1 unspecified atom stereocenters. The lowest BCUT2D eigenvalue weighted by atomic mass is 9.96. The Kier molecular flexibility index (Phi) is 4.47. The van der Waals surface area contributed by atoms with E-state index >= 15 is 0 Å². The summed E-state index contributed by atoms with van der Waals surface area (Å²) in [7, 11) is 0. The summed E-state index contributed by atoms with van der Waals surface area (Å²) in [6.07, 6.45) is 6.17. The molecule has 144 valence electrons. The van der Waals surface area contributed by atoms with Crippen LogP contribution in [0.2, 0.25) is 0 Å². The lowest BCUT2D eigenvalue weighted by molar-refractivity contribution is 0.0705. The maximum absolute atomic E-state index is 13.4. The normalized spacial score (nSPS) is 20.1. The standard InChI is InChI=1S/C22H25N5O/c28-22(17-8-5-11-23-21(17)26-12-3-4-13-26)27-14-6-7-16(15-27)20-24-18-9-1-2-10-19(18)25-20/h1-2,5,8-11,16H,3-4,6-7,12-15H2,(H,24,25). The molecular formula is C22H25N5O. The van der Waals surface area contributed by atoms with E-state index in [1.54, 1.807) is 6.20 Å². The van der Waals surface area contributed by atoms with E-state index in [4.69, 9.17) is 4.98 Å². The van der Waals surface area contributed by atoms with Gasteiger partial charge in [-0.2, -0.15) is 0 Å². The number of pyridine rings is 1. The molecule has 0 saturated carbocycles. The molecule has 0 bridgehead atoms. The highest BCUT2D eigenvalue weighted by molar-refractivity contribution is 5.99. The van der Waals surface area contributed by atoms with Gasteiger partial charge in [-0.15, -0.1) is 0 Å². The molecule has 3 aromatic rings. The highest BCUT2D eigenvalue weighted by Crippen LogP contribution is 2.29. The molecule has 5 rings (SSSR count). The van der Waals surface area contributed by atoms with Gasteiger partial charge in [-0.05, 0) is 49.9 Å². The van der Waals surface area contributed by atoms with E-state index in [9.17, 15) is 4.79 Å². The van der Waals surface area contributed by atoms with E-state index in [2.05, 4.69) is 20.9 Å². The SMILES string of the molecule is O=C(c1cccnc1N1CCCC1)N1CCCC(c2nc3ccccc3[nH]2)C1. The first-order valence-electron chi connectivity index (χ1n) is 10.2. The Morgan fingerprint density at radius 1 is 1.04 bits per heavy atom. The van der Waals surface area contributed by atoms with Crippen LogP contribution in [0.4, 0.5) is 5.82 Å². The van der Waals surface area contributed by atoms with E-state index in [0.29, 0.717) is 6.54 Å². The minimum atomic E-state index is 0.0933. The van der Waals surface area contributed by atoms with Crippen molar-refractivity contribution in [1.82, 2.24) is 19.9 Å². The summed E-state index contributed by atoms with van der Waals surface area (Å²) in [5.74, 6) is 2.17. The summed E-state index contributed by atoms with van der Waals surface area (Å²) >= 11 is 0. The molecule has 1 aromatic carbocycles. The number of nitrogens with one attached hydrogen (secondary N) is 1. The van der Waals surface area contributed by atoms with Gasteiger partial charge in [0.15, 0.2) is 0 Å². The van der Waals surface area contributed by atoms with Crippen LogP contribution in [0.3, 0.4) is 0 Å². The average Bonchev–Trinajstić information content (AvgIpc) is 3.43. The number of carbonyl (C=O) groups is 1. The number of aromatic nitrogens is 3. The Hall–Kier alpha value is -2.89. The van der Waals surface area contributed by atoms with E-state index in [1.165, 1.54) is 12.8 Å². The second kappa shape index (κ2) is 7.26. The first-order chi connectivity index (χ1) is 13.8. The number of fused-ring (bicyclic) bond motifs is 1. The van der Waals surface area contributed by atoms with E-state index < -0.39 is 0 Å². The topological polar surface area (TPSA) is 65.1 Å². The Bertz CT molecular complexity index is 958. The molecule has 1 atom stereocenters. The number of benzene rings is 1. The molecule has 0 aliphatic carbocycles. The number of hydrogen-bond donors (Lipinski definition) is 1. The van der Waals surface area contributed by atoms with Crippen LogP contribution in [0.25, 0.3) is 11.0 Å². The van der Waals surface area contributed by atoms with Crippen molar-refractivity contribution >= 4 is 22.8 Å². The molecule has 4 heterocycles. The molecule has 1 N–H and O–H groups in total. The number of aromatic amines is 1. The highest BCUT2D eigenvalue weighted by atomic mass is 16.2. The second-order valence-corrected chi connectivity index (χ2v) is 7.80. The molecule has 0 spiro atoms. The molecule has 6 nitrogen and oxygen atoms in total. The van der Waals surface area contributed by atoms with Gasteiger partial charge in [0.2, 0.25) is 0 Å². The number of likely N-dealkylation sites (tertiary alicyclic amines) is 1. The third-order valence-electron chi connectivity index (χ3n) is 5.93. The number of amides is 1. The zero-order valence-electron chi connectivity index (χ0n) is 16.0.